The molecule has 16 heavy (non-hydrogen) atoms. The van der Waals surface area contributed by atoms with Crippen molar-refractivity contribution >= 4 is 0 Å². The fourth-order valence-corrected chi connectivity index (χ4v) is 1.99. The lowest BCUT2D eigenvalue weighted by Crippen LogP contribution is -2.30. The van der Waals surface area contributed by atoms with E-state index in [1.54, 1.807) is 7.11 Å². The fraction of sp³-hybridized carbons (Fsp3) is 1.00. The molecule has 0 amide bonds. The first-order valence-corrected chi connectivity index (χ1v) is 6.96. The normalized spacial score (nSPS) is 15.0. The van der Waals surface area contributed by atoms with Crippen LogP contribution in [0.25, 0.3) is 0 Å². The third-order valence-corrected chi connectivity index (χ3v) is 3.14. The van der Waals surface area contributed by atoms with Crippen molar-refractivity contribution in [1.82, 2.24) is 5.32 Å². The molecule has 0 rings (SSSR count). The van der Waals surface area contributed by atoms with Gasteiger partial charge in [-0.05, 0) is 44.6 Å². The number of ether oxygens (including phenoxy) is 1. The van der Waals surface area contributed by atoms with Crippen LogP contribution >= 0.6 is 0 Å². The zero-order valence-electron chi connectivity index (χ0n) is 11.7. The van der Waals surface area contributed by atoms with Gasteiger partial charge in [0.1, 0.15) is 0 Å². The first kappa shape index (κ1) is 15.9. The van der Waals surface area contributed by atoms with Crippen molar-refractivity contribution in [1.29, 1.82) is 0 Å². The lowest BCUT2D eigenvalue weighted by Gasteiger charge is -2.20. The molecule has 0 bridgehead atoms. The van der Waals surface area contributed by atoms with Gasteiger partial charge in [-0.15, -0.1) is 0 Å². The number of hydrogen-bond donors (Lipinski definition) is 1. The van der Waals surface area contributed by atoms with Gasteiger partial charge >= 0.3 is 0 Å². The molecular formula is C14H31NO. The van der Waals surface area contributed by atoms with Crippen molar-refractivity contribution in [3.63, 3.8) is 0 Å². The molecule has 0 aliphatic rings. The molecule has 0 spiro atoms. The predicted molar refractivity (Wildman–Crippen MR) is 71.9 cm³/mol. The quantitative estimate of drug-likeness (QED) is 0.584. The van der Waals surface area contributed by atoms with Gasteiger partial charge in [0.25, 0.3) is 0 Å². The Morgan fingerprint density at radius 1 is 1.00 bits per heavy atom. The molecule has 0 aromatic heterocycles. The van der Waals surface area contributed by atoms with Gasteiger partial charge in [0.15, 0.2) is 0 Å². The van der Waals surface area contributed by atoms with E-state index in [0.29, 0.717) is 0 Å². The van der Waals surface area contributed by atoms with Crippen molar-refractivity contribution in [2.24, 2.45) is 5.92 Å². The molecule has 0 saturated carbocycles. The molecule has 0 aliphatic heterocycles. The summed E-state index contributed by atoms with van der Waals surface area (Å²) in [7, 11) is 1.79. The molecule has 0 radical (unpaired) electrons. The van der Waals surface area contributed by atoms with Crippen LogP contribution < -0.4 is 5.32 Å². The summed E-state index contributed by atoms with van der Waals surface area (Å²) in [5.74, 6) is 0.794. The second kappa shape index (κ2) is 11.4. The molecule has 0 aliphatic carbocycles. The highest BCUT2D eigenvalue weighted by atomic mass is 16.5. The number of hydrogen-bond acceptors (Lipinski definition) is 2. The van der Waals surface area contributed by atoms with E-state index in [4.69, 9.17) is 4.74 Å². The van der Waals surface area contributed by atoms with Crippen LogP contribution in [0.2, 0.25) is 0 Å². The van der Waals surface area contributed by atoms with Crippen molar-refractivity contribution in [3.05, 3.63) is 0 Å². The number of methoxy groups -OCH3 is 1. The Labute approximate surface area is 102 Å². The summed E-state index contributed by atoms with van der Waals surface area (Å²) in [5.41, 5.74) is 0. The van der Waals surface area contributed by atoms with Gasteiger partial charge in [-0.2, -0.15) is 0 Å². The topological polar surface area (TPSA) is 21.3 Å². The second-order valence-corrected chi connectivity index (χ2v) is 4.90. The van der Waals surface area contributed by atoms with Crippen LogP contribution in [0.3, 0.4) is 0 Å². The summed E-state index contributed by atoms with van der Waals surface area (Å²) < 4.78 is 5.12. The summed E-state index contributed by atoms with van der Waals surface area (Å²) >= 11 is 0. The van der Waals surface area contributed by atoms with Gasteiger partial charge in [0.2, 0.25) is 0 Å². The van der Waals surface area contributed by atoms with Crippen LogP contribution in [0.1, 0.15) is 59.3 Å². The van der Waals surface area contributed by atoms with Crippen molar-refractivity contribution in [2.45, 2.75) is 65.3 Å². The molecule has 1 N–H and O–H groups in total. The van der Waals surface area contributed by atoms with E-state index in [2.05, 4.69) is 26.1 Å². The molecule has 2 nitrogen and oxygen atoms in total. The molecule has 2 heteroatoms. The molecule has 98 valence electrons. The minimum Gasteiger partial charge on any atom is -0.385 e. The Hall–Kier alpha value is -0.0800. The lowest BCUT2D eigenvalue weighted by molar-refractivity contribution is 0.176. The summed E-state index contributed by atoms with van der Waals surface area (Å²) in [6.07, 6.45) is 7.68. The van der Waals surface area contributed by atoms with Crippen LogP contribution in [0.5, 0.6) is 0 Å². The summed E-state index contributed by atoms with van der Waals surface area (Å²) in [5, 5.41) is 3.65. The van der Waals surface area contributed by atoms with Gasteiger partial charge in [-0.1, -0.05) is 27.2 Å². The second-order valence-electron chi connectivity index (χ2n) is 4.90. The number of rotatable bonds is 11. The Morgan fingerprint density at radius 2 is 1.75 bits per heavy atom. The predicted octanol–water partition coefficient (Wildman–Crippen LogP) is 3.61. The summed E-state index contributed by atoms with van der Waals surface area (Å²) in [4.78, 5) is 0. The summed E-state index contributed by atoms with van der Waals surface area (Å²) in [6, 6.07) is 0.731. The van der Waals surface area contributed by atoms with E-state index in [-0.39, 0.29) is 0 Å². The van der Waals surface area contributed by atoms with Gasteiger partial charge in [0.05, 0.1) is 0 Å². The fourth-order valence-electron chi connectivity index (χ4n) is 1.99. The van der Waals surface area contributed by atoms with Crippen LogP contribution in [0.4, 0.5) is 0 Å². The van der Waals surface area contributed by atoms with E-state index in [0.717, 1.165) is 25.1 Å². The maximum atomic E-state index is 5.12. The average Bonchev–Trinajstić information content (AvgIpc) is 2.30. The minimum absolute atomic E-state index is 0.731. The molecule has 0 aromatic rings. The van der Waals surface area contributed by atoms with Gasteiger partial charge in [0, 0.05) is 19.8 Å². The molecule has 2 unspecified atom stereocenters. The Balaban J connectivity index is 3.63. The van der Waals surface area contributed by atoms with Gasteiger partial charge in [-0.25, -0.2) is 0 Å². The van der Waals surface area contributed by atoms with E-state index in [1.165, 1.54) is 38.5 Å². The van der Waals surface area contributed by atoms with Crippen molar-refractivity contribution in [2.75, 3.05) is 20.3 Å². The first-order valence-electron chi connectivity index (χ1n) is 6.96. The zero-order chi connectivity index (χ0) is 12.2. The monoisotopic (exact) mass is 229 g/mol. The van der Waals surface area contributed by atoms with Crippen LogP contribution in [-0.2, 0) is 4.74 Å². The third kappa shape index (κ3) is 9.17. The SMILES string of the molecule is CCCNC(CCC)CCC(C)CCOC. The van der Waals surface area contributed by atoms with Gasteiger partial charge in [-0.3, -0.25) is 0 Å². The first-order chi connectivity index (χ1) is 7.74. The Morgan fingerprint density at radius 3 is 2.31 bits per heavy atom. The molecular weight excluding hydrogens is 198 g/mol. The third-order valence-electron chi connectivity index (χ3n) is 3.14. The van der Waals surface area contributed by atoms with Gasteiger partial charge < -0.3 is 10.1 Å². The maximum Gasteiger partial charge on any atom is 0.0464 e. The minimum atomic E-state index is 0.731. The van der Waals surface area contributed by atoms with E-state index in [1.807, 2.05) is 0 Å². The molecule has 0 saturated heterocycles. The highest BCUT2D eigenvalue weighted by Gasteiger charge is 2.09. The average molecular weight is 229 g/mol. The van der Waals surface area contributed by atoms with Crippen molar-refractivity contribution in [3.8, 4) is 0 Å². The smallest absolute Gasteiger partial charge is 0.0464 e. The van der Waals surface area contributed by atoms with Crippen LogP contribution in [0.15, 0.2) is 0 Å². The van der Waals surface area contributed by atoms with Crippen LogP contribution in [-0.4, -0.2) is 26.3 Å². The summed E-state index contributed by atoms with van der Waals surface area (Å²) in [6.45, 7) is 8.91. The number of nitrogens with one attached hydrogen (secondary N) is 1. The van der Waals surface area contributed by atoms with E-state index < -0.39 is 0 Å². The highest BCUT2D eigenvalue weighted by molar-refractivity contribution is 4.67. The van der Waals surface area contributed by atoms with Crippen molar-refractivity contribution < 1.29 is 4.74 Å². The van der Waals surface area contributed by atoms with E-state index >= 15 is 0 Å². The van der Waals surface area contributed by atoms with Crippen LogP contribution in [0, 0.1) is 5.92 Å². The molecule has 2 atom stereocenters. The molecule has 0 fully saturated rings. The van der Waals surface area contributed by atoms with E-state index in [9.17, 15) is 0 Å². The Bertz CT molecular complexity index is 139. The largest absolute Gasteiger partial charge is 0.385 e. The zero-order valence-corrected chi connectivity index (χ0v) is 11.7. The highest BCUT2D eigenvalue weighted by Crippen LogP contribution is 2.14. The molecule has 0 heterocycles. The standard InChI is InChI=1S/C14H31NO/c1-5-7-14(15-11-6-2)9-8-13(3)10-12-16-4/h13-15H,5-12H2,1-4H3. The molecule has 0 aromatic carbocycles. The lowest BCUT2D eigenvalue weighted by atomic mass is 9.97. The Kier molecular flexibility index (Phi) is 11.3. The maximum absolute atomic E-state index is 5.12.